The Hall–Kier alpha value is -1.59. The third-order valence-corrected chi connectivity index (χ3v) is 3.51. The van der Waals surface area contributed by atoms with Crippen LogP contribution >= 0.6 is 22.9 Å². The van der Waals surface area contributed by atoms with Gasteiger partial charge in [-0.15, -0.1) is 11.3 Å². The summed E-state index contributed by atoms with van der Waals surface area (Å²) in [6.45, 7) is 2.42. The Morgan fingerprint density at radius 3 is 2.94 bits per heavy atom. The Morgan fingerprint density at radius 1 is 1.56 bits per heavy atom. The number of carbonyl (C=O) groups is 1. The average Bonchev–Trinajstić information content (AvgIpc) is 2.73. The molecular formula is C12H11ClN2O2S. The number of anilines is 1. The first-order valence-electron chi connectivity index (χ1n) is 5.24. The summed E-state index contributed by atoms with van der Waals surface area (Å²) < 4.78 is 0. The normalized spacial score (nSPS) is 10.3. The van der Waals surface area contributed by atoms with Crippen molar-refractivity contribution in [3.05, 3.63) is 44.9 Å². The van der Waals surface area contributed by atoms with E-state index in [1.165, 1.54) is 17.4 Å². The molecule has 1 aromatic heterocycles. The first kappa shape index (κ1) is 12.9. The van der Waals surface area contributed by atoms with Gasteiger partial charge in [0.15, 0.2) is 0 Å². The second-order valence-corrected chi connectivity index (χ2v) is 5.11. The number of rotatable bonds is 4. The van der Waals surface area contributed by atoms with Gasteiger partial charge in [0.25, 0.3) is 0 Å². The first-order chi connectivity index (χ1) is 8.56. The van der Waals surface area contributed by atoms with Gasteiger partial charge in [-0.25, -0.2) is 9.78 Å². The Bertz CT molecular complexity index is 583. The van der Waals surface area contributed by atoms with Crippen molar-refractivity contribution in [3.8, 4) is 0 Å². The summed E-state index contributed by atoms with van der Waals surface area (Å²) >= 11 is 7.32. The lowest BCUT2D eigenvalue weighted by atomic mass is 10.2. The molecule has 0 amide bonds. The SMILES string of the molecule is Cc1csc(CNc2ccc(Cl)cc2C(=O)O)n1. The van der Waals surface area contributed by atoms with E-state index in [4.69, 9.17) is 16.7 Å². The standard InChI is InChI=1S/C12H11ClN2O2S/c1-7-6-18-11(15-7)5-14-10-3-2-8(13)4-9(10)12(16)17/h2-4,6,14H,5H2,1H3,(H,16,17). The summed E-state index contributed by atoms with van der Waals surface area (Å²) in [5, 5.41) is 15.4. The summed E-state index contributed by atoms with van der Waals surface area (Å²) in [5.41, 5.74) is 1.67. The minimum absolute atomic E-state index is 0.163. The first-order valence-corrected chi connectivity index (χ1v) is 6.50. The molecule has 0 aliphatic heterocycles. The minimum atomic E-state index is -1.00. The van der Waals surface area contributed by atoms with Crippen molar-refractivity contribution in [3.63, 3.8) is 0 Å². The molecule has 0 saturated heterocycles. The van der Waals surface area contributed by atoms with Crippen LogP contribution in [-0.4, -0.2) is 16.1 Å². The van der Waals surface area contributed by atoms with E-state index in [2.05, 4.69) is 10.3 Å². The molecule has 0 bridgehead atoms. The molecule has 0 saturated carbocycles. The van der Waals surface area contributed by atoms with E-state index in [1.807, 2.05) is 12.3 Å². The Labute approximate surface area is 113 Å². The third kappa shape index (κ3) is 3.00. The topological polar surface area (TPSA) is 62.2 Å². The Kier molecular flexibility index (Phi) is 3.84. The molecule has 0 aliphatic carbocycles. The highest BCUT2D eigenvalue weighted by Gasteiger charge is 2.10. The molecule has 4 nitrogen and oxygen atoms in total. The molecule has 0 aliphatic rings. The summed E-state index contributed by atoms with van der Waals surface area (Å²) in [6.07, 6.45) is 0. The molecule has 0 unspecified atom stereocenters. The van der Waals surface area contributed by atoms with E-state index < -0.39 is 5.97 Å². The van der Waals surface area contributed by atoms with Crippen molar-refractivity contribution in [1.82, 2.24) is 4.98 Å². The van der Waals surface area contributed by atoms with Gasteiger partial charge in [0, 0.05) is 21.8 Å². The molecule has 2 N–H and O–H groups in total. The molecular weight excluding hydrogens is 272 g/mol. The van der Waals surface area contributed by atoms with Gasteiger partial charge in [-0.05, 0) is 25.1 Å². The molecule has 94 valence electrons. The van der Waals surface area contributed by atoms with Crippen LogP contribution in [0.3, 0.4) is 0 Å². The number of carboxylic acids is 1. The van der Waals surface area contributed by atoms with Gasteiger partial charge in [-0.2, -0.15) is 0 Å². The van der Waals surface area contributed by atoms with Gasteiger partial charge in [-0.1, -0.05) is 11.6 Å². The average molecular weight is 283 g/mol. The largest absolute Gasteiger partial charge is 0.478 e. The number of aryl methyl sites for hydroxylation is 1. The lowest BCUT2D eigenvalue weighted by molar-refractivity contribution is 0.0698. The predicted molar refractivity (Wildman–Crippen MR) is 72.6 cm³/mol. The molecule has 1 heterocycles. The number of nitrogens with one attached hydrogen (secondary N) is 1. The lowest BCUT2D eigenvalue weighted by Crippen LogP contribution is -2.06. The van der Waals surface area contributed by atoms with Crippen molar-refractivity contribution in [1.29, 1.82) is 0 Å². The maximum atomic E-state index is 11.1. The number of carboxylic acid groups (broad SMARTS) is 1. The monoisotopic (exact) mass is 282 g/mol. The molecule has 0 fully saturated rings. The van der Waals surface area contributed by atoms with Crippen LogP contribution in [0.1, 0.15) is 21.1 Å². The Balaban J connectivity index is 2.16. The van der Waals surface area contributed by atoms with Gasteiger partial charge in [-0.3, -0.25) is 0 Å². The van der Waals surface area contributed by atoms with E-state index in [1.54, 1.807) is 12.1 Å². The van der Waals surface area contributed by atoms with Gasteiger partial charge in [0.05, 0.1) is 12.1 Å². The van der Waals surface area contributed by atoms with Crippen LogP contribution in [0.25, 0.3) is 0 Å². The summed E-state index contributed by atoms with van der Waals surface area (Å²) in [6, 6.07) is 4.75. The zero-order chi connectivity index (χ0) is 13.1. The smallest absolute Gasteiger partial charge is 0.337 e. The zero-order valence-electron chi connectivity index (χ0n) is 9.61. The van der Waals surface area contributed by atoms with Crippen LogP contribution < -0.4 is 5.32 Å². The highest BCUT2D eigenvalue weighted by Crippen LogP contribution is 2.21. The molecule has 0 atom stereocenters. The molecule has 0 spiro atoms. The molecule has 2 aromatic rings. The van der Waals surface area contributed by atoms with Crippen molar-refractivity contribution >= 4 is 34.6 Å². The summed E-state index contributed by atoms with van der Waals surface area (Å²) in [4.78, 5) is 15.4. The Morgan fingerprint density at radius 2 is 2.33 bits per heavy atom. The number of aromatic carboxylic acids is 1. The van der Waals surface area contributed by atoms with Gasteiger partial charge in [0.1, 0.15) is 5.01 Å². The number of hydrogen-bond donors (Lipinski definition) is 2. The molecule has 0 radical (unpaired) electrons. The van der Waals surface area contributed by atoms with Crippen molar-refractivity contribution in [2.24, 2.45) is 0 Å². The lowest BCUT2D eigenvalue weighted by Gasteiger charge is -2.08. The summed E-state index contributed by atoms with van der Waals surface area (Å²) in [5.74, 6) is -1.00. The molecule has 6 heteroatoms. The van der Waals surface area contributed by atoms with Crippen LogP contribution in [-0.2, 0) is 6.54 Å². The van der Waals surface area contributed by atoms with Gasteiger partial charge in [0.2, 0.25) is 0 Å². The number of nitrogens with zero attached hydrogens (tertiary/aromatic N) is 1. The quantitative estimate of drug-likeness (QED) is 0.902. The second-order valence-electron chi connectivity index (χ2n) is 3.73. The van der Waals surface area contributed by atoms with Crippen LogP contribution in [0, 0.1) is 6.92 Å². The predicted octanol–water partition coefficient (Wildman–Crippen LogP) is 3.42. The van der Waals surface area contributed by atoms with Crippen molar-refractivity contribution < 1.29 is 9.90 Å². The number of thiazole rings is 1. The number of aromatic nitrogens is 1. The van der Waals surface area contributed by atoms with E-state index >= 15 is 0 Å². The minimum Gasteiger partial charge on any atom is -0.478 e. The van der Waals surface area contributed by atoms with E-state index in [0.717, 1.165) is 10.7 Å². The van der Waals surface area contributed by atoms with Crippen LogP contribution in [0.4, 0.5) is 5.69 Å². The molecule has 2 rings (SSSR count). The number of benzene rings is 1. The number of hydrogen-bond acceptors (Lipinski definition) is 4. The number of halogens is 1. The molecule has 1 aromatic carbocycles. The highest BCUT2D eigenvalue weighted by atomic mass is 35.5. The zero-order valence-corrected chi connectivity index (χ0v) is 11.2. The maximum absolute atomic E-state index is 11.1. The van der Waals surface area contributed by atoms with Crippen LogP contribution in [0.5, 0.6) is 0 Å². The fraction of sp³-hybridized carbons (Fsp3) is 0.167. The molecule has 18 heavy (non-hydrogen) atoms. The maximum Gasteiger partial charge on any atom is 0.337 e. The van der Waals surface area contributed by atoms with Crippen LogP contribution in [0.2, 0.25) is 5.02 Å². The fourth-order valence-corrected chi connectivity index (χ4v) is 2.39. The second kappa shape index (κ2) is 5.37. The van der Waals surface area contributed by atoms with Crippen molar-refractivity contribution in [2.75, 3.05) is 5.32 Å². The van der Waals surface area contributed by atoms with Gasteiger partial charge < -0.3 is 10.4 Å². The van der Waals surface area contributed by atoms with E-state index in [-0.39, 0.29) is 5.56 Å². The van der Waals surface area contributed by atoms with Crippen molar-refractivity contribution in [2.45, 2.75) is 13.5 Å². The highest BCUT2D eigenvalue weighted by molar-refractivity contribution is 7.09. The van der Waals surface area contributed by atoms with E-state index in [0.29, 0.717) is 17.3 Å². The summed E-state index contributed by atoms with van der Waals surface area (Å²) in [7, 11) is 0. The fourth-order valence-electron chi connectivity index (χ4n) is 1.50. The van der Waals surface area contributed by atoms with E-state index in [9.17, 15) is 4.79 Å². The van der Waals surface area contributed by atoms with Crippen LogP contribution in [0.15, 0.2) is 23.6 Å². The van der Waals surface area contributed by atoms with Gasteiger partial charge >= 0.3 is 5.97 Å². The third-order valence-electron chi connectivity index (χ3n) is 2.31.